The summed E-state index contributed by atoms with van der Waals surface area (Å²) in [5.41, 5.74) is 0. The molecule has 0 saturated carbocycles. The van der Waals surface area contributed by atoms with Gasteiger partial charge in [0.25, 0.3) is 0 Å². The maximum Gasteiger partial charge on any atom is 0.250 e. The minimum absolute atomic E-state index is 0.165. The Hall–Kier alpha value is -0.940. The fourth-order valence-electron chi connectivity index (χ4n) is 1.64. The van der Waals surface area contributed by atoms with Crippen molar-refractivity contribution >= 4 is 21.4 Å². The fraction of sp³-hybridized carbons (Fsp3) is 0.500. The number of nitrogens with zero attached hydrogens (tertiary/aromatic N) is 1. The molecule has 7 heteroatoms. The molecule has 2 rings (SSSR count). The molecule has 92 valence electrons. The molecule has 0 amide bonds. The number of thiophene rings is 1. The summed E-state index contributed by atoms with van der Waals surface area (Å²) in [6, 6.07) is 4.72. The minimum Gasteiger partial charge on any atom is -0.380 e. The third-order valence-electron chi connectivity index (χ3n) is 2.44. The topological polar surface area (TPSA) is 79.2 Å². The predicted octanol–water partition coefficient (Wildman–Crippen LogP) is 1.08. The lowest BCUT2D eigenvalue weighted by Gasteiger charge is -2.22. The van der Waals surface area contributed by atoms with Crippen LogP contribution in [0.4, 0.5) is 0 Å². The average molecular weight is 272 g/mol. The molecule has 5 nitrogen and oxygen atoms in total. The van der Waals surface area contributed by atoms with Crippen LogP contribution in [0.1, 0.15) is 17.7 Å². The lowest BCUT2D eigenvalue weighted by atomic mass is 10.1. The molecule has 1 saturated heterocycles. The molecule has 1 aliphatic rings. The van der Waals surface area contributed by atoms with Crippen LogP contribution in [0.3, 0.4) is 0 Å². The number of sulfonamides is 1. The summed E-state index contributed by atoms with van der Waals surface area (Å²) in [4.78, 5) is 0.394. The lowest BCUT2D eigenvalue weighted by molar-refractivity contribution is 0.0774. The largest absolute Gasteiger partial charge is 0.380 e. The molecule has 2 heterocycles. The summed E-state index contributed by atoms with van der Waals surface area (Å²) in [5, 5.41) is 8.66. The van der Waals surface area contributed by atoms with Crippen LogP contribution in [0.5, 0.6) is 0 Å². The van der Waals surface area contributed by atoms with Gasteiger partial charge in [-0.15, -0.1) is 11.3 Å². The molecule has 0 aliphatic carbocycles. The van der Waals surface area contributed by atoms with Crippen molar-refractivity contribution in [1.82, 2.24) is 4.72 Å². The van der Waals surface area contributed by atoms with Gasteiger partial charge in [-0.3, -0.25) is 0 Å². The minimum atomic E-state index is -3.51. The second-order valence-corrected chi connectivity index (χ2v) is 6.79. The van der Waals surface area contributed by atoms with Gasteiger partial charge in [0.2, 0.25) is 10.0 Å². The quantitative estimate of drug-likeness (QED) is 0.893. The summed E-state index contributed by atoms with van der Waals surface area (Å²) < 4.78 is 31.9. The van der Waals surface area contributed by atoms with Gasteiger partial charge in [-0.05, 0) is 25.0 Å². The number of nitrogens with one attached hydrogen (secondary N) is 1. The van der Waals surface area contributed by atoms with Gasteiger partial charge < -0.3 is 4.74 Å². The summed E-state index contributed by atoms with van der Waals surface area (Å²) in [7, 11) is -3.51. The first kappa shape index (κ1) is 12.5. The second kappa shape index (κ2) is 5.14. The van der Waals surface area contributed by atoms with E-state index >= 15 is 0 Å². The van der Waals surface area contributed by atoms with E-state index in [1.54, 1.807) is 0 Å². The first-order valence-electron chi connectivity index (χ1n) is 5.22. The first-order valence-corrected chi connectivity index (χ1v) is 7.52. The van der Waals surface area contributed by atoms with Gasteiger partial charge in [-0.25, -0.2) is 13.1 Å². The monoisotopic (exact) mass is 272 g/mol. The van der Waals surface area contributed by atoms with E-state index in [4.69, 9.17) is 10.00 Å². The molecule has 1 aliphatic heterocycles. The molecule has 1 aromatic rings. The maximum atomic E-state index is 12.0. The standard InChI is InChI=1S/C10H12N2O3S2/c11-6-9-3-4-10(16-9)17(13,14)12-8-2-1-5-15-7-8/h3-4,8,12H,1-2,5,7H2. The lowest BCUT2D eigenvalue weighted by Crippen LogP contribution is -2.40. The highest BCUT2D eigenvalue weighted by Crippen LogP contribution is 2.21. The van der Waals surface area contributed by atoms with E-state index in [9.17, 15) is 8.42 Å². The van der Waals surface area contributed by atoms with Crippen LogP contribution in [-0.4, -0.2) is 27.7 Å². The Morgan fingerprint density at radius 1 is 1.53 bits per heavy atom. The van der Waals surface area contributed by atoms with Gasteiger partial charge in [-0.2, -0.15) is 5.26 Å². The molecular formula is C10H12N2O3S2. The fourth-order valence-corrected chi connectivity index (χ4v) is 4.01. The van der Waals surface area contributed by atoms with E-state index in [2.05, 4.69) is 4.72 Å². The van der Waals surface area contributed by atoms with Gasteiger partial charge in [0.05, 0.1) is 6.61 Å². The molecule has 1 unspecified atom stereocenters. The Morgan fingerprint density at radius 2 is 2.35 bits per heavy atom. The Bertz CT molecular complexity index is 524. The van der Waals surface area contributed by atoms with Crippen LogP contribution < -0.4 is 4.72 Å². The van der Waals surface area contributed by atoms with Gasteiger partial charge in [-0.1, -0.05) is 0 Å². The summed E-state index contributed by atoms with van der Waals surface area (Å²) >= 11 is 0.976. The summed E-state index contributed by atoms with van der Waals surface area (Å²) in [6.07, 6.45) is 1.65. The van der Waals surface area contributed by atoms with Crippen LogP contribution >= 0.6 is 11.3 Å². The van der Waals surface area contributed by atoms with Crippen LogP contribution in [0.15, 0.2) is 16.3 Å². The second-order valence-electron chi connectivity index (χ2n) is 3.77. The van der Waals surface area contributed by atoms with E-state index < -0.39 is 10.0 Å². The van der Waals surface area contributed by atoms with E-state index in [1.165, 1.54) is 12.1 Å². The van der Waals surface area contributed by atoms with Crippen LogP contribution in [0.25, 0.3) is 0 Å². The van der Waals surface area contributed by atoms with E-state index in [0.717, 1.165) is 24.2 Å². The third kappa shape index (κ3) is 3.04. The van der Waals surface area contributed by atoms with E-state index in [1.807, 2.05) is 6.07 Å². The third-order valence-corrected chi connectivity index (χ3v) is 5.44. The Labute approximate surface area is 104 Å². The van der Waals surface area contributed by atoms with Gasteiger partial charge in [0.1, 0.15) is 15.2 Å². The molecular weight excluding hydrogens is 260 g/mol. The zero-order chi connectivity index (χ0) is 12.3. The zero-order valence-corrected chi connectivity index (χ0v) is 10.7. The van der Waals surface area contributed by atoms with Crippen molar-refractivity contribution in [3.05, 3.63) is 17.0 Å². The van der Waals surface area contributed by atoms with Crippen molar-refractivity contribution in [2.75, 3.05) is 13.2 Å². The number of rotatable bonds is 3. The Morgan fingerprint density at radius 3 is 2.94 bits per heavy atom. The highest BCUT2D eigenvalue weighted by Gasteiger charge is 2.23. The maximum absolute atomic E-state index is 12.0. The zero-order valence-electron chi connectivity index (χ0n) is 9.05. The van der Waals surface area contributed by atoms with Gasteiger partial charge in [0.15, 0.2) is 0 Å². The number of ether oxygens (including phenoxy) is 1. The van der Waals surface area contributed by atoms with Crippen LogP contribution in [-0.2, 0) is 14.8 Å². The molecule has 1 atom stereocenters. The Balaban J connectivity index is 2.10. The Kier molecular flexibility index (Phi) is 3.79. The molecule has 17 heavy (non-hydrogen) atoms. The molecule has 0 spiro atoms. The van der Waals surface area contributed by atoms with Crippen molar-refractivity contribution in [1.29, 1.82) is 5.26 Å². The summed E-state index contributed by atoms with van der Waals surface area (Å²) in [6.45, 7) is 1.10. The van der Waals surface area contributed by atoms with Crippen molar-refractivity contribution in [3.8, 4) is 6.07 Å². The first-order chi connectivity index (χ1) is 8.12. The van der Waals surface area contributed by atoms with Crippen LogP contribution in [0, 0.1) is 11.3 Å². The molecule has 0 bridgehead atoms. The highest BCUT2D eigenvalue weighted by atomic mass is 32.2. The SMILES string of the molecule is N#Cc1ccc(S(=O)(=O)NC2CCCOC2)s1. The van der Waals surface area contributed by atoms with Gasteiger partial charge in [0, 0.05) is 12.6 Å². The van der Waals surface area contributed by atoms with Crippen molar-refractivity contribution in [3.63, 3.8) is 0 Å². The van der Waals surface area contributed by atoms with Crippen molar-refractivity contribution in [2.45, 2.75) is 23.1 Å². The number of nitriles is 1. The van der Waals surface area contributed by atoms with E-state index in [-0.39, 0.29) is 10.3 Å². The molecule has 0 aromatic carbocycles. The molecule has 1 fully saturated rings. The molecule has 0 radical (unpaired) electrons. The molecule has 1 N–H and O–H groups in total. The average Bonchev–Trinajstić information content (AvgIpc) is 2.79. The molecule has 1 aromatic heterocycles. The van der Waals surface area contributed by atoms with Crippen molar-refractivity contribution in [2.24, 2.45) is 0 Å². The van der Waals surface area contributed by atoms with Gasteiger partial charge >= 0.3 is 0 Å². The highest BCUT2D eigenvalue weighted by molar-refractivity contribution is 7.91. The van der Waals surface area contributed by atoms with Crippen molar-refractivity contribution < 1.29 is 13.2 Å². The smallest absolute Gasteiger partial charge is 0.250 e. The van der Waals surface area contributed by atoms with E-state index in [0.29, 0.717) is 18.1 Å². The number of hydrogen-bond donors (Lipinski definition) is 1. The normalized spacial score (nSPS) is 21.0. The number of hydrogen-bond acceptors (Lipinski definition) is 5. The summed E-state index contributed by atoms with van der Waals surface area (Å²) in [5.74, 6) is 0. The predicted molar refractivity (Wildman–Crippen MR) is 63.2 cm³/mol. The van der Waals surface area contributed by atoms with Crippen LogP contribution in [0.2, 0.25) is 0 Å².